The van der Waals surface area contributed by atoms with Crippen LogP contribution in [0.2, 0.25) is 0 Å². The minimum Gasteiger partial charge on any atom is -0.481 e. The Hall–Kier alpha value is -3.19. The summed E-state index contributed by atoms with van der Waals surface area (Å²) >= 11 is 0. The van der Waals surface area contributed by atoms with Gasteiger partial charge in [-0.05, 0) is 62.9 Å². The Kier molecular flexibility index (Phi) is 9.21. The second-order valence-electron chi connectivity index (χ2n) is 7.61. The molecule has 0 bridgehead atoms. The van der Waals surface area contributed by atoms with Crippen molar-refractivity contribution in [2.45, 2.75) is 33.2 Å². The average Bonchev–Trinajstić information content (AvgIpc) is 2.76. The smallest absolute Gasteiger partial charge is 0.414 e. The summed E-state index contributed by atoms with van der Waals surface area (Å²) in [5.74, 6) is -2.23. The summed E-state index contributed by atoms with van der Waals surface area (Å²) in [7, 11) is 1.69. The molecule has 1 aliphatic heterocycles. The van der Waals surface area contributed by atoms with Crippen molar-refractivity contribution in [2.24, 2.45) is 5.92 Å². The minimum absolute atomic E-state index is 0.673. The third-order valence-electron chi connectivity index (χ3n) is 5.24. The van der Waals surface area contributed by atoms with Gasteiger partial charge in [-0.1, -0.05) is 42.0 Å². The molecular weight excluding hydrogens is 396 g/mol. The van der Waals surface area contributed by atoms with Gasteiger partial charge in [-0.3, -0.25) is 4.90 Å². The fraction of sp³-hybridized carbons (Fsp3) is 0.375. The lowest BCUT2D eigenvalue weighted by Gasteiger charge is -2.30. The van der Waals surface area contributed by atoms with E-state index < -0.39 is 11.9 Å². The van der Waals surface area contributed by atoms with Crippen molar-refractivity contribution in [2.75, 3.05) is 20.2 Å². The van der Waals surface area contributed by atoms with Crippen molar-refractivity contribution in [3.63, 3.8) is 0 Å². The number of aromatic nitrogens is 1. The van der Waals surface area contributed by atoms with Crippen LogP contribution in [0.15, 0.2) is 42.6 Å². The maximum absolute atomic E-state index is 9.10. The third kappa shape index (κ3) is 7.86. The first-order valence-electron chi connectivity index (χ1n) is 10.2. The number of hydrogen-bond acceptors (Lipinski definition) is 5. The number of piperidine rings is 1. The van der Waals surface area contributed by atoms with Gasteiger partial charge >= 0.3 is 11.9 Å². The molecule has 2 aromatic rings. The van der Waals surface area contributed by atoms with Gasteiger partial charge in [-0.2, -0.15) is 0 Å². The van der Waals surface area contributed by atoms with Gasteiger partial charge in [0, 0.05) is 18.3 Å². The normalized spacial score (nSPS) is 14.7. The highest BCUT2D eigenvalue weighted by Crippen LogP contribution is 2.24. The Morgan fingerprint density at radius 1 is 1.16 bits per heavy atom. The first kappa shape index (κ1) is 24.1. The number of pyridine rings is 1. The zero-order valence-electron chi connectivity index (χ0n) is 18.2. The van der Waals surface area contributed by atoms with Crippen molar-refractivity contribution >= 4 is 18.0 Å². The molecule has 7 nitrogen and oxygen atoms in total. The van der Waals surface area contributed by atoms with Crippen LogP contribution in [0.4, 0.5) is 0 Å². The van der Waals surface area contributed by atoms with E-state index in [0.29, 0.717) is 5.92 Å². The SMILES string of the molecule is COc1ncccc1CN1CCC(/C=C/c2cc(C)ccc2C)CC1.O=C(O)C(=O)O. The second kappa shape index (κ2) is 11.9. The molecule has 2 N–H and O–H groups in total. The zero-order chi connectivity index (χ0) is 22.8. The van der Waals surface area contributed by atoms with E-state index in [2.05, 4.69) is 60.1 Å². The number of rotatable bonds is 5. The van der Waals surface area contributed by atoms with Crippen LogP contribution in [0.25, 0.3) is 6.08 Å². The highest BCUT2D eigenvalue weighted by atomic mass is 16.5. The minimum atomic E-state index is -1.82. The van der Waals surface area contributed by atoms with Crippen LogP contribution in [0, 0.1) is 19.8 Å². The highest BCUT2D eigenvalue weighted by Gasteiger charge is 2.18. The van der Waals surface area contributed by atoms with Crippen molar-refractivity contribution < 1.29 is 24.5 Å². The zero-order valence-corrected chi connectivity index (χ0v) is 18.2. The van der Waals surface area contributed by atoms with Crippen LogP contribution < -0.4 is 4.74 Å². The quantitative estimate of drug-likeness (QED) is 0.702. The van der Waals surface area contributed by atoms with Gasteiger partial charge in [0.15, 0.2) is 0 Å². The van der Waals surface area contributed by atoms with Gasteiger partial charge in [-0.25, -0.2) is 14.6 Å². The molecule has 1 saturated heterocycles. The predicted octanol–water partition coefficient (Wildman–Crippen LogP) is 3.79. The van der Waals surface area contributed by atoms with Gasteiger partial charge in [0.2, 0.25) is 5.88 Å². The molecule has 3 rings (SSSR count). The third-order valence-corrected chi connectivity index (χ3v) is 5.24. The molecule has 0 unspecified atom stereocenters. The lowest BCUT2D eigenvalue weighted by atomic mass is 9.94. The number of ether oxygens (including phenoxy) is 1. The van der Waals surface area contributed by atoms with Crippen LogP contribution in [0.5, 0.6) is 5.88 Å². The first-order chi connectivity index (χ1) is 14.8. The van der Waals surface area contributed by atoms with Crippen molar-refractivity contribution in [3.8, 4) is 5.88 Å². The Morgan fingerprint density at radius 3 is 2.45 bits per heavy atom. The van der Waals surface area contributed by atoms with Gasteiger partial charge in [0.25, 0.3) is 0 Å². The molecule has 7 heteroatoms. The topological polar surface area (TPSA) is 100.0 Å². The molecule has 0 atom stereocenters. The standard InChI is InChI=1S/C22H28N2O.C2H2O4/c1-17-6-7-18(2)20(15-17)9-8-19-10-13-24(14-11-19)16-21-5-4-12-23-22(21)25-3;3-1(4)2(5)6/h4-9,12,15,19H,10-11,13-14,16H2,1-3H3;(H,3,4)(H,5,6)/b9-8+;. The monoisotopic (exact) mass is 426 g/mol. The summed E-state index contributed by atoms with van der Waals surface area (Å²) in [6, 6.07) is 10.8. The van der Waals surface area contributed by atoms with E-state index in [0.717, 1.165) is 25.5 Å². The molecule has 1 aromatic carbocycles. The molecule has 1 aromatic heterocycles. The van der Waals surface area contributed by atoms with Gasteiger partial charge in [0.1, 0.15) is 0 Å². The number of methoxy groups -OCH3 is 1. The van der Waals surface area contributed by atoms with E-state index in [9.17, 15) is 0 Å². The fourth-order valence-corrected chi connectivity index (χ4v) is 3.45. The number of hydrogen-bond donors (Lipinski definition) is 2. The summed E-state index contributed by atoms with van der Waals surface area (Å²) in [6.07, 6.45) is 8.93. The van der Waals surface area contributed by atoms with Crippen LogP contribution in [0.1, 0.15) is 35.1 Å². The van der Waals surface area contributed by atoms with E-state index in [1.807, 2.05) is 6.07 Å². The van der Waals surface area contributed by atoms with E-state index in [-0.39, 0.29) is 0 Å². The molecule has 31 heavy (non-hydrogen) atoms. The molecule has 0 amide bonds. The maximum Gasteiger partial charge on any atom is 0.414 e. The fourth-order valence-electron chi connectivity index (χ4n) is 3.45. The molecule has 0 radical (unpaired) electrons. The van der Waals surface area contributed by atoms with Crippen LogP contribution in [-0.2, 0) is 16.1 Å². The number of aryl methyl sites for hydroxylation is 2. The molecule has 0 aliphatic carbocycles. The van der Waals surface area contributed by atoms with Crippen LogP contribution >= 0.6 is 0 Å². The maximum atomic E-state index is 9.10. The van der Waals surface area contributed by atoms with Gasteiger partial charge < -0.3 is 14.9 Å². The summed E-state index contributed by atoms with van der Waals surface area (Å²) in [6.45, 7) is 7.51. The van der Waals surface area contributed by atoms with Gasteiger partial charge in [-0.15, -0.1) is 0 Å². The first-order valence-corrected chi connectivity index (χ1v) is 10.2. The highest BCUT2D eigenvalue weighted by molar-refractivity contribution is 6.27. The van der Waals surface area contributed by atoms with Gasteiger partial charge in [0.05, 0.1) is 7.11 Å². The van der Waals surface area contributed by atoms with Crippen molar-refractivity contribution in [3.05, 3.63) is 64.9 Å². The van der Waals surface area contributed by atoms with E-state index in [1.54, 1.807) is 13.3 Å². The van der Waals surface area contributed by atoms with Crippen LogP contribution in [0.3, 0.4) is 0 Å². The number of allylic oxidation sites excluding steroid dienone is 1. The van der Waals surface area contributed by atoms with Crippen molar-refractivity contribution in [1.29, 1.82) is 0 Å². The average molecular weight is 427 g/mol. The number of aliphatic carboxylic acids is 2. The lowest BCUT2D eigenvalue weighted by Crippen LogP contribution is -2.32. The number of likely N-dealkylation sites (tertiary alicyclic amines) is 1. The van der Waals surface area contributed by atoms with E-state index >= 15 is 0 Å². The largest absolute Gasteiger partial charge is 0.481 e. The Labute approximate surface area is 183 Å². The number of carboxylic acids is 2. The number of nitrogens with zero attached hydrogens (tertiary/aromatic N) is 2. The molecule has 0 spiro atoms. The summed E-state index contributed by atoms with van der Waals surface area (Å²) < 4.78 is 5.37. The number of benzene rings is 1. The Morgan fingerprint density at radius 2 is 1.84 bits per heavy atom. The molecular formula is C24H30N2O5. The van der Waals surface area contributed by atoms with Crippen LogP contribution in [-0.4, -0.2) is 52.2 Å². The second-order valence-corrected chi connectivity index (χ2v) is 7.61. The van der Waals surface area contributed by atoms with E-state index in [4.69, 9.17) is 24.5 Å². The Balaban J connectivity index is 0.000000501. The molecule has 2 heterocycles. The number of carbonyl (C=O) groups is 2. The summed E-state index contributed by atoms with van der Waals surface area (Å²) in [5.41, 5.74) is 5.20. The molecule has 166 valence electrons. The molecule has 1 aliphatic rings. The van der Waals surface area contributed by atoms with Crippen molar-refractivity contribution in [1.82, 2.24) is 9.88 Å². The number of carboxylic acid groups (broad SMARTS) is 2. The summed E-state index contributed by atoms with van der Waals surface area (Å²) in [4.78, 5) is 25.0. The predicted molar refractivity (Wildman–Crippen MR) is 119 cm³/mol. The summed E-state index contributed by atoms with van der Waals surface area (Å²) in [5, 5.41) is 14.8. The molecule has 1 fully saturated rings. The van der Waals surface area contributed by atoms with E-state index in [1.165, 1.54) is 35.1 Å². The lowest BCUT2D eigenvalue weighted by molar-refractivity contribution is -0.159. The Bertz CT molecular complexity index is 906. The molecule has 0 saturated carbocycles.